The van der Waals surface area contributed by atoms with E-state index in [1.807, 2.05) is 0 Å². The van der Waals surface area contributed by atoms with Crippen molar-refractivity contribution in [2.75, 3.05) is 0 Å². The molecule has 0 bridgehead atoms. The summed E-state index contributed by atoms with van der Waals surface area (Å²) in [4.78, 5) is 10.7. The molecule has 0 heterocycles. The first-order chi connectivity index (χ1) is 17.8. The highest BCUT2D eigenvalue weighted by molar-refractivity contribution is 5.73. The maximum atomic E-state index is 10.7. The van der Waals surface area contributed by atoms with Crippen LogP contribution in [0.25, 0.3) is 0 Å². The van der Waals surface area contributed by atoms with Crippen LogP contribution in [0.1, 0.15) is 212 Å². The Labute approximate surface area is 228 Å². The van der Waals surface area contributed by atoms with Gasteiger partial charge in [-0.3, -0.25) is 4.79 Å². The largest absolute Gasteiger partial charge is 0.370 e. The molecule has 0 radical (unpaired) electrons. The molecule has 2 N–H and O–H groups in total. The van der Waals surface area contributed by atoms with Crippen molar-refractivity contribution in [3.8, 4) is 0 Å². The average Bonchev–Trinajstić information content (AvgIpc) is 2.87. The van der Waals surface area contributed by atoms with Gasteiger partial charge in [-0.25, -0.2) is 0 Å². The highest BCUT2D eigenvalue weighted by atomic mass is 16.1. The summed E-state index contributed by atoms with van der Waals surface area (Å²) in [6.07, 6.45) is 44.7. The Morgan fingerprint density at radius 1 is 0.333 bits per heavy atom. The number of carbonyl (C=O) groups is 1. The van der Waals surface area contributed by atoms with Gasteiger partial charge in [0.15, 0.2) is 0 Å². The molecule has 0 fully saturated rings. The molecule has 0 rings (SSSR count). The van der Waals surface area contributed by atoms with Crippen molar-refractivity contribution < 1.29 is 4.79 Å². The van der Waals surface area contributed by atoms with Crippen LogP contribution in [0.5, 0.6) is 0 Å². The molecule has 1 amide bonds. The Hall–Kier alpha value is -0.530. The third-order valence-corrected chi connectivity index (χ3v) is 8.03. The van der Waals surface area contributed by atoms with Crippen molar-refractivity contribution in [1.29, 1.82) is 0 Å². The van der Waals surface area contributed by atoms with E-state index in [1.54, 1.807) is 0 Å². The Morgan fingerprint density at radius 3 is 0.667 bits per heavy atom. The lowest BCUT2D eigenvalue weighted by atomic mass is 10.0. The van der Waals surface area contributed by atoms with E-state index in [9.17, 15) is 4.79 Å². The Kier molecular flexibility index (Phi) is 32.0. The lowest BCUT2D eigenvalue weighted by Gasteiger charge is -2.04. The van der Waals surface area contributed by atoms with Crippen molar-refractivity contribution in [1.82, 2.24) is 0 Å². The first-order valence-corrected chi connectivity index (χ1v) is 17.1. The maximum Gasteiger partial charge on any atom is 0.217 e. The van der Waals surface area contributed by atoms with Crippen LogP contribution in [0, 0.1) is 0 Å². The number of unbranched alkanes of at least 4 members (excludes halogenated alkanes) is 30. The van der Waals surface area contributed by atoms with E-state index in [0.29, 0.717) is 6.42 Å². The van der Waals surface area contributed by atoms with E-state index in [0.717, 1.165) is 6.42 Å². The van der Waals surface area contributed by atoms with Gasteiger partial charge in [0.1, 0.15) is 0 Å². The third-order valence-electron chi connectivity index (χ3n) is 8.03. The van der Waals surface area contributed by atoms with Crippen LogP contribution in [0.3, 0.4) is 0 Å². The second-order valence-electron chi connectivity index (χ2n) is 11.8. The van der Waals surface area contributed by atoms with Crippen LogP contribution < -0.4 is 5.73 Å². The molecule has 0 saturated carbocycles. The maximum absolute atomic E-state index is 10.7. The minimum atomic E-state index is -0.148. The number of carbonyl (C=O) groups excluding carboxylic acids is 1. The predicted octanol–water partition coefficient (Wildman–Crippen LogP) is 12.0. The number of hydrogen-bond donors (Lipinski definition) is 1. The van der Waals surface area contributed by atoms with Crippen molar-refractivity contribution >= 4 is 5.91 Å². The van der Waals surface area contributed by atoms with Crippen LogP contribution in [0.4, 0.5) is 0 Å². The zero-order valence-electron chi connectivity index (χ0n) is 25.1. The first-order valence-electron chi connectivity index (χ1n) is 17.1. The zero-order valence-corrected chi connectivity index (χ0v) is 25.1. The molecule has 0 aliphatic carbocycles. The minimum Gasteiger partial charge on any atom is -0.370 e. The second kappa shape index (κ2) is 32.5. The number of nitrogens with two attached hydrogens (primary N) is 1. The summed E-state index contributed by atoms with van der Waals surface area (Å²) in [6.45, 7) is 2.30. The van der Waals surface area contributed by atoms with E-state index in [4.69, 9.17) is 5.73 Å². The third kappa shape index (κ3) is 33.5. The molecular weight excluding hydrogens is 438 g/mol. The fraction of sp³-hybridized carbons (Fsp3) is 0.971. The summed E-state index contributed by atoms with van der Waals surface area (Å²) in [7, 11) is 0. The Balaban J connectivity index is 3.02. The van der Waals surface area contributed by atoms with Gasteiger partial charge in [0.05, 0.1) is 0 Å². The number of rotatable bonds is 32. The summed E-state index contributed by atoms with van der Waals surface area (Å²) in [5.74, 6) is -0.148. The second-order valence-corrected chi connectivity index (χ2v) is 11.8. The molecule has 0 unspecified atom stereocenters. The highest BCUT2D eigenvalue weighted by Gasteiger charge is 1.97. The molecule has 0 aliphatic heterocycles. The normalized spacial score (nSPS) is 11.4. The fourth-order valence-electron chi connectivity index (χ4n) is 5.50. The molecule has 0 saturated heterocycles. The van der Waals surface area contributed by atoms with Gasteiger partial charge in [-0.1, -0.05) is 200 Å². The number of amides is 1. The van der Waals surface area contributed by atoms with Gasteiger partial charge in [-0.15, -0.1) is 0 Å². The van der Waals surface area contributed by atoms with Gasteiger partial charge in [-0.2, -0.15) is 0 Å². The molecule has 2 nitrogen and oxygen atoms in total. The standard InChI is InChI=1S/C34H69NO/c1-2-3-4-5-6-7-8-9-10-11-12-13-14-15-16-17-18-19-20-21-22-23-24-25-26-27-28-29-30-31-32-33-34(35)36/h2-33H2,1H3,(H2,35,36). The van der Waals surface area contributed by atoms with E-state index in [2.05, 4.69) is 6.92 Å². The lowest BCUT2D eigenvalue weighted by molar-refractivity contribution is -0.118. The lowest BCUT2D eigenvalue weighted by Crippen LogP contribution is -2.09. The zero-order chi connectivity index (χ0) is 26.2. The van der Waals surface area contributed by atoms with Gasteiger partial charge in [0, 0.05) is 6.42 Å². The number of hydrogen-bond acceptors (Lipinski definition) is 1. The van der Waals surface area contributed by atoms with Crippen molar-refractivity contribution in [3.05, 3.63) is 0 Å². The van der Waals surface area contributed by atoms with Crippen molar-refractivity contribution in [2.24, 2.45) is 5.73 Å². The van der Waals surface area contributed by atoms with Gasteiger partial charge in [0.2, 0.25) is 5.91 Å². The van der Waals surface area contributed by atoms with Gasteiger partial charge in [-0.05, 0) is 6.42 Å². The molecule has 0 spiro atoms. The minimum absolute atomic E-state index is 0.148. The van der Waals surface area contributed by atoms with Crippen LogP contribution >= 0.6 is 0 Å². The fourth-order valence-corrected chi connectivity index (χ4v) is 5.50. The van der Waals surface area contributed by atoms with Crippen molar-refractivity contribution in [2.45, 2.75) is 212 Å². The molecule has 0 atom stereocenters. The SMILES string of the molecule is CCCCCCCCCCCCCCCCCCCCCCCCCCCCCCCCCC(N)=O. The van der Waals surface area contributed by atoms with Crippen LogP contribution in [-0.2, 0) is 4.79 Å². The molecule has 216 valence electrons. The predicted molar refractivity (Wildman–Crippen MR) is 163 cm³/mol. The molecule has 36 heavy (non-hydrogen) atoms. The summed E-state index contributed by atoms with van der Waals surface area (Å²) >= 11 is 0. The van der Waals surface area contributed by atoms with Crippen LogP contribution in [0.2, 0.25) is 0 Å². The average molecular weight is 508 g/mol. The molecular formula is C34H69NO. The van der Waals surface area contributed by atoms with Crippen LogP contribution in [-0.4, -0.2) is 5.91 Å². The van der Waals surface area contributed by atoms with Gasteiger partial charge in [0.25, 0.3) is 0 Å². The van der Waals surface area contributed by atoms with E-state index >= 15 is 0 Å². The Morgan fingerprint density at radius 2 is 0.500 bits per heavy atom. The smallest absolute Gasteiger partial charge is 0.217 e. The Bertz CT molecular complexity index is 408. The topological polar surface area (TPSA) is 43.1 Å². The molecule has 0 aromatic heterocycles. The molecule has 0 aliphatic rings. The molecule has 0 aromatic carbocycles. The van der Waals surface area contributed by atoms with Crippen molar-refractivity contribution in [3.63, 3.8) is 0 Å². The van der Waals surface area contributed by atoms with Gasteiger partial charge < -0.3 is 5.73 Å². The highest BCUT2D eigenvalue weighted by Crippen LogP contribution is 2.16. The molecule has 0 aromatic rings. The van der Waals surface area contributed by atoms with E-state index < -0.39 is 0 Å². The summed E-state index contributed by atoms with van der Waals surface area (Å²) in [6, 6.07) is 0. The summed E-state index contributed by atoms with van der Waals surface area (Å²) in [5, 5.41) is 0. The monoisotopic (exact) mass is 508 g/mol. The summed E-state index contributed by atoms with van der Waals surface area (Å²) in [5.41, 5.74) is 5.17. The first kappa shape index (κ1) is 35.5. The molecule has 2 heteroatoms. The quantitative estimate of drug-likeness (QED) is 0.0903. The number of primary amides is 1. The van der Waals surface area contributed by atoms with Gasteiger partial charge >= 0.3 is 0 Å². The van der Waals surface area contributed by atoms with E-state index in [1.165, 1.54) is 193 Å². The van der Waals surface area contributed by atoms with E-state index in [-0.39, 0.29) is 5.91 Å². The van der Waals surface area contributed by atoms with Crippen LogP contribution in [0.15, 0.2) is 0 Å². The summed E-state index contributed by atoms with van der Waals surface area (Å²) < 4.78 is 0.